The van der Waals surface area contributed by atoms with E-state index in [0.29, 0.717) is 12.6 Å². The lowest BCUT2D eigenvalue weighted by atomic mass is 10.1. The average molecular weight is 269 g/mol. The van der Waals surface area contributed by atoms with Gasteiger partial charge in [0.25, 0.3) is 0 Å². The summed E-state index contributed by atoms with van der Waals surface area (Å²) in [5.74, 6) is 0.813. The van der Waals surface area contributed by atoms with E-state index in [1.165, 1.54) is 0 Å². The van der Waals surface area contributed by atoms with Crippen LogP contribution in [0.3, 0.4) is 0 Å². The van der Waals surface area contributed by atoms with Crippen molar-refractivity contribution in [3.8, 4) is 5.88 Å². The van der Waals surface area contributed by atoms with Crippen molar-refractivity contribution in [3.05, 3.63) is 11.3 Å². The topological polar surface area (TPSA) is 50.5 Å². The molecule has 0 aliphatic heterocycles. The Morgan fingerprint density at radius 3 is 2.42 bits per heavy atom. The van der Waals surface area contributed by atoms with Gasteiger partial charge < -0.3 is 9.84 Å². The molecule has 1 atom stereocenters. The minimum atomic E-state index is -0.338. The average Bonchev–Trinajstić information content (AvgIpc) is 2.63. The van der Waals surface area contributed by atoms with E-state index in [9.17, 15) is 5.11 Å². The highest BCUT2D eigenvalue weighted by Crippen LogP contribution is 2.24. The molecule has 0 saturated carbocycles. The summed E-state index contributed by atoms with van der Waals surface area (Å²) < 4.78 is 7.24. The van der Waals surface area contributed by atoms with Gasteiger partial charge in [-0.1, -0.05) is 6.92 Å². The van der Waals surface area contributed by atoms with Crippen molar-refractivity contribution in [1.29, 1.82) is 0 Å². The summed E-state index contributed by atoms with van der Waals surface area (Å²) in [6.07, 6.45) is 0.544. The normalized spacial score (nSPS) is 13.3. The highest BCUT2D eigenvalue weighted by molar-refractivity contribution is 5.31. The molecular weight excluding hydrogens is 242 g/mol. The van der Waals surface area contributed by atoms with Crippen LogP contribution in [0, 0.1) is 0 Å². The molecule has 0 aliphatic rings. The van der Waals surface area contributed by atoms with E-state index >= 15 is 0 Å². The molecule has 1 rings (SSSR count). The highest BCUT2D eigenvalue weighted by Gasteiger charge is 2.21. The van der Waals surface area contributed by atoms with Crippen LogP contribution >= 0.6 is 0 Å². The quantitative estimate of drug-likeness (QED) is 0.816. The summed E-state index contributed by atoms with van der Waals surface area (Å²) in [7, 11) is 3.57. The van der Waals surface area contributed by atoms with Crippen LogP contribution in [0.4, 0.5) is 0 Å². The molecule has 1 unspecified atom stereocenters. The van der Waals surface area contributed by atoms with E-state index in [2.05, 4.69) is 30.8 Å². The van der Waals surface area contributed by atoms with Crippen LogP contribution in [-0.4, -0.2) is 45.6 Å². The Labute approximate surface area is 116 Å². The molecule has 1 aromatic heterocycles. The zero-order valence-corrected chi connectivity index (χ0v) is 13.0. The van der Waals surface area contributed by atoms with Gasteiger partial charge in [0.05, 0.1) is 24.5 Å². The minimum Gasteiger partial charge on any atom is -0.481 e. The molecule has 5 heteroatoms. The maximum atomic E-state index is 9.61. The summed E-state index contributed by atoms with van der Waals surface area (Å²) >= 11 is 0. The lowest BCUT2D eigenvalue weighted by Gasteiger charge is -2.27. The van der Waals surface area contributed by atoms with Gasteiger partial charge in [-0.05, 0) is 27.2 Å². The predicted octanol–water partition coefficient (Wildman–Crippen LogP) is 1.58. The van der Waals surface area contributed by atoms with Crippen LogP contribution < -0.4 is 4.74 Å². The molecular formula is C14H27N3O2. The van der Waals surface area contributed by atoms with Crippen LogP contribution in [0.5, 0.6) is 5.88 Å². The summed E-state index contributed by atoms with van der Waals surface area (Å²) in [6.45, 7) is 9.59. The second-order valence-corrected chi connectivity index (χ2v) is 5.28. The third-order valence-electron chi connectivity index (χ3n) is 3.29. The van der Waals surface area contributed by atoms with Crippen LogP contribution in [-0.2, 0) is 20.0 Å². The first kappa shape index (κ1) is 16.0. The molecule has 0 amide bonds. The van der Waals surface area contributed by atoms with Crippen molar-refractivity contribution >= 4 is 0 Å². The van der Waals surface area contributed by atoms with Crippen molar-refractivity contribution in [2.24, 2.45) is 7.05 Å². The standard InChI is InChI=1S/C14H27N3O2/c1-7-13-12(14(19-6)16(5)15-13)9-17(10(2)3)8-11(4)18/h10-11,18H,7-9H2,1-6H3. The fraction of sp³-hybridized carbons (Fsp3) is 0.786. The Kier molecular flexibility index (Phi) is 5.82. The maximum Gasteiger partial charge on any atom is 0.216 e. The van der Waals surface area contributed by atoms with Gasteiger partial charge in [-0.15, -0.1) is 0 Å². The molecule has 19 heavy (non-hydrogen) atoms. The van der Waals surface area contributed by atoms with Crippen molar-refractivity contribution in [2.45, 2.75) is 52.8 Å². The van der Waals surface area contributed by atoms with Gasteiger partial charge in [0.1, 0.15) is 0 Å². The van der Waals surface area contributed by atoms with Crippen molar-refractivity contribution < 1.29 is 9.84 Å². The zero-order chi connectivity index (χ0) is 14.6. The van der Waals surface area contributed by atoms with Gasteiger partial charge in [-0.25, -0.2) is 4.68 Å². The number of hydrogen-bond donors (Lipinski definition) is 1. The number of methoxy groups -OCH3 is 1. The number of aliphatic hydroxyl groups excluding tert-OH is 1. The molecule has 0 aliphatic carbocycles. The van der Waals surface area contributed by atoms with Crippen LogP contribution in [0.25, 0.3) is 0 Å². The number of aliphatic hydroxyl groups is 1. The Hall–Kier alpha value is -1.07. The zero-order valence-electron chi connectivity index (χ0n) is 13.0. The second kappa shape index (κ2) is 6.91. The number of aryl methyl sites for hydroxylation is 2. The Bertz CT molecular complexity index is 400. The molecule has 1 aromatic rings. The van der Waals surface area contributed by atoms with Crippen LogP contribution in [0.15, 0.2) is 0 Å². The van der Waals surface area contributed by atoms with E-state index in [1.807, 2.05) is 14.0 Å². The number of aromatic nitrogens is 2. The Morgan fingerprint density at radius 1 is 1.37 bits per heavy atom. The summed E-state index contributed by atoms with van der Waals surface area (Å²) in [6, 6.07) is 0.365. The van der Waals surface area contributed by atoms with Gasteiger partial charge in [0.2, 0.25) is 5.88 Å². The molecule has 1 N–H and O–H groups in total. The van der Waals surface area contributed by atoms with Gasteiger partial charge in [0.15, 0.2) is 0 Å². The van der Waals surface area contributed by atoms with Gasteiger partial charge in [0, 0.05) is 26.2 Å². The summed E-state index contributed by atoms with van der Waals surface area (Å²) in [5, 5.41) is 14.1. The first-order chi connectivity index (χ1) is 8.90. The fourth-order valence-electron chi connectivity index (χ4n) is 2.30. The fourth-order valence-corrected chi connectivity index (χ4v) is 2.30. The van der Waals surface area contributed by atoms with Crippen LogP contribution in [0.1, 0.15) is 39.0 Å². The Morgan fingerprint density at radius 2 is 2.00 bits per heavy atom. The number of hydrogen-bond acceptors (Lipinski definition) is 4. The van der Waals surface area contributed by atoms with Gasteiger partial charge in [-0.3, -0.25) is 4.90 Å². The van der Waals surface area contributed by atoms with E-state index in [4.69, 9.17) is 4.74 Å². The van der Waals surface area contributed by atoms with Crippen molar-refractivity contribution in [2.75, 3.05) is 13.7 Å². The Balaban J connectivity index is 3.00. The van der Waals surface area contributed by atoms with E-state index in [1.54, 1.807) is 11.8 Å². The molecule has 0 saturated heterocycles. The molecule has 0 bridgehead atoms. The second-order valence-electron chi connectivity index (χ2n) is 5.28. The molecule has 5 nitrogen and oxygen atoms in total. The van der Waals surface area contributed by atoms with Crippen LogP contribution in [0.2, 0.25) is 0 Å². The first-order valence-corrected chi connectivity index (χ1v) is 6.91. The van der Waals surface area contributed by atoms with E-state index in [-0.39, 0.29) is 6.10 Å². The number of nitrogens with zero attached hydrogens (tertiary/aromatic N) is 3. The van der Waals surface area contributed by atoms with E-state index in [0.717, 1.165) is 30.1 Å². The van der Waals surface area contributed by atoms with E-state index < -0.39 is 0 Å². The number of ether oxygens (including phenoxy) is 1. The van der Waals surface area contributed by atoms with Crippen molar-refractivity contribution in [3.63, 3.8) is 0 Å². The predicted molar refractivity (Wildman–Crippen MR) is 76.4 cm³/mol. The smallest absolute Gasteiger partial charge is 0.216 e. The monoisotopic (exact) mass is 269 g/mol. The molecule has 1 heterocycles. The maximum absolute atomic E-state index is 9.61. The lowest BCUT2D eigenvalue weighted by molar-refractivity contribution is 0.102. The molecule has 0 fully saturated rings. The molecule has 0 radical (unpaired) electrons. The lowest BCUT2D eigenvalue weighted by Crippen LogP contribution is -2.36. The van der Waals surface area contributed by atoms with Crippen molar-refractivity contribution in [1.82, 2.24) is 14.7 Å². The molecule has 110 valence electrons. The summed E-state index contributed by atoms with van der Waals surface area (Å²) in [4.78, 5) is 2.24. The van der Waals surface area contributed by atoms with Gasteiger partial charge >= 0.3 is 0 Å². The third kappa shape index (κ3) is 3.94. The number of rotatable bonds is 7. The SMILES string of the molecule is CCc1nn(C)c(OC)c1CN(CC(C)O)C(C)C. The summed E-state index contributed by atoms with van der Waals surface area (Å²) in [5.41, 5.74) is 2.19. The largest absolute Gasteiger partial charge is 0.481 e. The first-order valence-electron chi connectivity index (χ1n) is 6.91. The highest BCUT2D eigenvalue weighted by atomic mass is 16.5. The molecule has 0 spiro atoms. The third-order valence-corrected chi connectivity index (χ3v) is 3.29. The van der Waals surface area contributed by atoms with Gasteiger partial charge in [-0.2, -0.15) is 5.10 Å². The molecule has 0 aromatic carbocycles. The minimum absolute atomic E-state index is 0.338.